The van der Waals surface area contributed by atoms with E-state index in [1.54, 1.807) is 0 Å². The molecule has 76 valence electrons. The molecule has 0 radical (unpaired) electrons. The molecule has 1 aromatic rings. The number of nitrogens with zero attached hydrogens (tertiary/aromatic N) is 1. The van der Waals surface area contributed by atoms with Gasteiger partial charge >= 0.3 is 0 Å². The van der Waals surface area contributed by atoms with E-state index >= 15 is 0 Å². The van der Waals surface area contributed by atoms with Crippen LogP contribution in [0, 0.1) is 6.92 Å². The minimum absolute atomic E-state index is 0.776. The lowest BCUT2D eigenvalue weighted by Gasteiger charge is -2.26. The average Bonchev–Trinajstić information content (AvgIpc) is 2.71. The van der Waals surface area contributed by atoms with Crippen molar-refractivity contribution in [3.05, 3.63) is 29.8 Å². The minimum Gasteiger partial charge on any atom is -0.372 e. The van der Waals surface area contributed by atoms with E-state index in [1.807, 2.05) is 0 Å². The molecule has 1 fully saturated rings. The molecule has 1 aliphatic carbocycles. The molecule has 0 atom stereocenters. The van der Waals surface area contributed by atoms with Gasteiger partial charge in [-0.3, -0.25) is 0 Å². The van der Waals surface area contributed by atoms with Crippen molar-refractivity contribution in [2.45, 2.75) is 38.6 Å². The predicted octanol–water partition coefficient (Wildman–Crippen LogP) is 3.37. The largest absolute Gasteiger partial charge is 0.372 e. The number of hydrogen-bond acceptors (Lipinski definition) is 1. The molecule has 2 rings (SSSR count). The first-order valence-corrected chi connectivity index (χ1v) is 5.57. The summed E-state index contributed by atoms with van der Waals surface area (Å²) in [6.45, 7) is 2.14. The molecule has 1 heteroatoms. The summed E-state index contributed by atoms with van der Waals surface area (Å²) < 4.78 is 0. The smallest absolute Gasteiger partial charge is 0.0366 e. The Bertz CT molecular complexity index is 283. The minimum atomic E-state index is 0.776. The van der Waals surface area contributed by atoms with E-state index in [9.17, 15) is 0 Å². The second-order valence-electron chi connectivity index (χ2n) is 4.38. The lowest BCUT2D eigenvalue weighted by atomic mass is 10.1. The van der Waals surface area contributed by atoms with Crippen LogP contribution < -0.4 is 4.90 Å². The van der Waals surface area contributed by atoms with E-state index in [-0.39, 0.29) is 0 Å². The number of anilines is 1. The Morgan fingerprint density at radius 2 is 1.64 bits per heavy atom. The molecule has 1 aliphatic rings. The number of aryl methyl sites for hydroxylation is 1. The van der Waals surface area contributed by atoms with Gasteiger partial charge in [0.1, 0.15) is 0 Å². The Labute approximate surface area is 86.7 Å². The molecule has 1 nitrogen and oxygen atoms in total. The van der Waals surface area contributed by atoms with Crippen molar-refractivity contribution in [3.8, 4) is 0 Å². The molecule has 1 aromatic carbocycles. The molecule has 0 unspecified atom stereocenters. The van der Waals surface area contributed by atoms with Gasteiger partial charge in [-0.05, 0) is 31.9 Å². The molecular weight excluding hydrogens is 170 g/mol. The first-order valence-electron chi connectivity index (χ1n) is 5.57. The lowest BCUT2D eigenvalue weighted by Crippen LogP contribution is -2.28. The van der Waals surface area contributed by atoms with E-state index in [1.165, 1.54) is 36.9 Å². The van der Waals surface area contributed by atoms with Gasteiger partial charge in [0.05, 0.1) is 0 Å². The Morgan fingerprint density at radius 3 is 2.21 bits per heavy atom. The summed E-state index contributed by atoms with van der Waals surface area (Å²) in [6, 6.07) is 9.63. The van der Waals surface area contributed by atoms with Crippen molar-refractivity contribution in [1.29, 1.82) is 0 Å². The highest BCUT2D eigenvalue weighted by atomic mass is 15.1. The van der Waals surface area contributed by atoms with Crippen molar-refractivity contribution in [2.75, 3.05) is 11.9 Å². The third-order valence-electron chi connectivity index (χ3n) is 3.31. The van der Waals surface area contributed by atoms with Crippen molar-refractivity contribution in [1.82, 2.24) is 0 Å². The topological polar surface area (TPSA) is 3.24 Å². The molecule has 1 saturated carbocycles. The fraction of sp³-hybridized carbons (Fsp3) is 0.538. The van der Waals surface area contributed by atoms with Crippen molar-refractivity contribution in [2.24, 2.45) is 0 Å². The summed E-state index contributed by atoms with van der Waals surface area (Å²) in [5, 5.41) is 0. The Hall–Kier alpha value is -0.980. The maximum absolute atomic E-state index is 2.44. The van der Waals surface area contributed by atoms with Gasteiger partial charge in [-0.2, -0.15) is 0 Å². The van der Waals surface area contributed by atoms with Gasteiger partial charge in [0.2, 0.25) is 0 Å². The SMILES string of the molecule is Cc1ccc(N(C)C2CCCC2)cc1. The Kier molecular flexibility index (Phi) is 2.76. The number of hydrogen-bond donors (Lipinski definition) is 0. The Morgan fingerprint density at radius 1 is 1.07 bits per heavy atom. The summed E-state index contributed by atoms with van der Waals surface area (Å²) >= 11 is 0. The highest BCUT2D eigenvalue weighted by Crippen LogP contribution is 2.26. The standard InChI is InChI=1S/C13H19N/c1-11-7-9-13(10-8-11)14(2)12-5-3-4-6-12/h7-10,12H,3-6H2,1-2H3. The van der Waals surface area contributed by atoms with Gasteiger partial charge in [0.15, 0.2) is 0 Å². The van der Waals surface area contributed by atoms with Gasteiger partial charge in [0, 0.05) is 18.8 Å². The molecular formula is C13H19N. The number of benzene rings is 1. The zero-order valence-electron chi connectivity index (χ0n) is 9.16. The summed E-state index contributed by atoms with van der Waals surface area (Å²) in [5.74, 6) is 0. The van der Waals surface area contributed by atoms with Crippen LogP contribution in [0.5, 0.6) is 0 Å². The second-order valence-corrected chi connectivity index (χ2v) is 4.38. The van der Waals surface area contributed by atoms with Crippen LogP contribution in [-0.4, -0.2) is 13.1 Å². The summed E-state index contributed by atoms with van der Waals surface area (Å²) in [6.07, 6.45) is 5.54. The van der Waals surface area contributed by atoms with Crippen molar-refractivity contribution < 1.29 is 0 Å². The molecule has 0 bridgehead atoms. The van der Waals surface area contributed by atoms with Gasteiger partial charge < -0.3 is 4.90 Å². The zero-order valence-corrected chi connectivity index (χ0v) is 9.16. The van der Waals surface area contributed by atoms with E-state index in [4.69, 9.17) is 0 Å². The van der Waals surface area contributed by atoms with Crippen LogP contribution in [0.4, 0.5) is 5.69 Å². The molecule has 0 spiro atoms. The Balaban J connectivity index is 2.09. The van der Waals surface area contributed by atoms with E-state index in [2.05, 4.69) is 43.1 Å². The van der Waals surface area contributed by atoms with Crippen molar-refractivity contribution >= 4 is 5.69 Å². The van der Waals surface area contributed by atoms with Crippen LogP contribution in [0.15, 0.2) is 24.3 Å². The fourth-order valence-corrected chi connectivity index (χ4v) is 2.28. The highest BCUT2D eigenvalue weighted by molar-refractivity contribution is 5.47. The maximum atomic E-state index is 2.44. The van der Waals surface area contributed by atoms with Gasteiger partial charge in [0.25, 0.3) is 0 Å². The molecule has 0 saturated heterocycles. The monoisotopic (exact) mass is 189 g/mol. The first-order chi connectivity index (χ1) is 6.77. The molecule has 0 amide bonds. The first kappa shape index (κ1) is 9.57. The third kappa shape index (κ3) is 1.92. The quantitative estimate of drug-likeness (QED) is 0.689. The molecule has 0 aliphatic heterocycles. The normalized spacial score (nSPS) is 17.3. The zero-order chi connectivity index (χ0) is 9.97. The average molecular weight is 189 g/mol. The van der Waals surface area contributed by atoms with Crippen LogP contribution in [0.1, 0.15) is 31.2 Å². The summed E-state index contributed by atoms with van der Waals surface area (Å²) in [5.41, 5.74) is 2.70. The van der Waals surface area contributed by atoms with Crippen molar-refractivity contribution in [3.63, 3.8) is 0 Å². The highest BCUT2D eigenvalue weighted by Gasteiger charge is 2.19. The predicted molar refractivity (Wildman–Crippen MR) is 61.8 cm³/mol. The van der Waals surface area contributed by atoms with Crippen LogP contribution >= 0.6 is 0 Å². The maximum Gasteiger partial charge on any atom is 0.0366 e. The summed E-state index contributed by atoms with van der Waals surface area (Å²) in [7, 11) is 2.22. The second kappa shape index (κ2) is 4.04. The van der Waals surface area contributed by atoms with Crippen LogP contribution in [0.3, 0.4) is 0 Å². The lowest BCUT2D eigenvalue weighted by molar-refractivity contribution is 0.653. The number of rotatable bonds is 2. The van der Waals surface area contributed by atoms with Crippen LogP contribution in [0.2, 0.25) is 0 Å². The molecule has 0 heterocycles. The van der Waals surface area contributed by atoms with Crippen LogP contribution in [0.25, 0.3) is 0 Å². The van der Waals surface area contributed by atoms with Gasteiger partial charge in [-0.25, -0.2) is 0 Å². The van der Waals surface area contributed by atoms with E-state index in [0.717, 1.165) is 6.04 Å². The molecule has 0 N–H and O–H groups in total. The summed E-state index contributed by atoms with van der Waals surface area (Å²) in [4.78, 5) is 2.44. The molecule has 0 aromatic heterocycles. The third-order valence-corrected chi connectivity index (χ3v) is 3.31. The van der Waals surface area contributed by atoms with Gasteiger partial charge in [-0.15, -0.1) is 0 Å². The van der Waals surface area contributed by atoms with Crippen LogP contribution in [-0.2, 0) is 0 Å². The van der Waals surface area contributed by atoms with Gasteiger partial charge in [-0.1, -0.05) is 30.5 Å². The van der Waals surface area contributed by atoms with E-state index < -0.39 is 0 Å². The fourth-order valence-electron chi connectivity index (χ4n) is 2.28. The van der Waals surface area contributed by atoms with E-state index in [0.29, 0.717) is 0 Å². The molecule has 14 heavy (non-hydrogen) atoms.